The maximum absolute atomic E-state index is 13.0. The third kappa shape index (κ3) is 2.94. The van der Waals surface area contributed by atoms with Gasteiger partial charge in [0.15, 0.2) is 0 Å². The zero-order chi connectivity index (χ0) is 21.9. The number of rotatable bonds is 4. The summed E-state index contributed by atoms with van der Waals surface area (Å²) in [5, 5.41) is 13.3. The molecule has 4 fully saturated rings. The molecule has 4 heterocycles. The number of likely N-dealkylation sites (N-methyl/N-ethyl adjacent to an activating group) is 1. The van der Waals surface area contributed by atoms with Crippen molar-refractivity contribution in [2.24, 2.45) is 5.92 Å². The lowest BCUT2D eigenvalue weighted by molar-refractivity contribution is -0.0884. The van der Waals surface area contributed by atoms with Gasteiger partial charge < -0.3 is 15.1 Å². The summed E-state index contributed by atoms with van der Waals surface area (Å²) < 4.78 is 1.75. The normalized spacial score (nSPS) is 24.5. The monoisotopic (exact) mass is 430 g/mol. The average molecular weight is 431 g/mol. The first-order valence-corrected chi connectivity index (χ1v) is 11.0. The number of nitriles is 1. The summed E-state index contributed by atoms with van der Waals surface area (Å²) in [4.78, 5) is 31.3. The minimum atomic E-state index is -0.252. The minimum absolute atomic E-state index is 0. The van der Waals surface area contributed by atoms with Crippen LogP contribution in [0.4, 0.5) is 17.5 Å². The fourth-order valence-electron chi connectivity index (χ4n) is 5.21. The van der Waals surface area contributed by atoms with Crippen LogP contribution in [0.2, 0.25) is 0 Å². The third-order valence-corrected chi connectivity index (χ3v) is 7.20. The molecule has 32 heavy (non-hydrogen) atoms. The van der Waals surface area contributed by atoms with Crippen LogP contribution in [0.1, 0.15) is 26.3 Å². The van der Waals surface area contributed by atoms with Crippen molar-refractivity contribution in [3.8, 4) is 6.07 Å². The van der Waals surface area contributed by atoms with Crippen molar-refractivity contribution >= 4 is 28.5 Å². The predicted octanol–water partition coefficient (Wildman–Crippen LogP) is 2.31. The fraction of sp³-hybridized carbons (Fsp3) is 0.435. The molecular weight excluding hydrogens is 404 g/mol. The zero-order valence-corrected chi connectivity index (χ0v) is 18.0. The molecule has 1 N–H and O–H groups in total. The van der Waals surface area contributed by atoms with Crippen molar-refractivity contribution in [1.82, 2.24) is 24.4 Å². The van der Waals surface area contributed by atoms with E-state index in [1.165, 1.54) is 0 Å². The second-order valence-electron chi connectivity index (χ2n) is 9.30. The van der Waals surface area contributed by atoms with E-state index in [1.807, 2.05) is 18.3 Å². The van der Waals surface area contributed by atoms with E-state index < -0.39 is 0 Å². The van der Waals surface area contributed by atoms with Gasteiger partial charge in [0.1, 0.15) is 23.1 Å². The summed E-state index contributed by atoms with van der Waals surface area (Å²) in [7, 11) is 2.14. The van der Waals surface area contributed by atoms with E-state index >= 15 is 0 Å². The molecule has 1 saturated heterocycles. The lowest BCUT2D eigenvalue weighted by Gasteiger charge is -2.62. The molecule has 0 radical (unpaired) electrons. The molecule has 3 aliphatic carbocycles. The van der Waals surface area contributed by atoms with E-state index in [9.17, 15) is 10.1 Å². The summed E-state index contributed by atoms with van der Waals surface area (Å²) in [6.45, 7) is 4.07. The summed E-state index contributed by atoms with van der Waals surface area (Å²) in [5.41, 5.74) is 1.40. The molecule has 7 rings (SSSR count). The van der Waals surface area contributed by atoms with Crippen molar-refractivity contribution in [2.75, 3.05) is 43.4 Å². The van der Waals surface area contributed by atoms with Gasteiger partial charge in [-0.05, 0) is 50.4 Å². The molecule has 9 nitrogen and oxygen atoms in total. The van der Waals surface area contributed by atoms with Crippen LogP contribution >= 0.6 is 0 Å². The first kappa shape index (κ1) is 19.2. The lowest BCUT2D eigenvalue weighted by atomic mass is 9.49. The number of pyridine rings is 2. The van der Waals surface area contributed by atoms with Crippen LogP contribution in [0, 0.1) is 17.2 Å². The molecule has 2 bridgehead atoms. The van der Waals surface area contributed by atoms with E-state index in [-0.39, 0.29) is 18.1 Å². The molecule has 9 heteroatoms. The van der Waals surface area contributed by atoms with Crippen LogP contribution in [0.25, 0.3) is 11.0 Å². The Kier molecular flexibility index (Phi) is 4.20. The largest absolute Gasteiger partial charge is 0.368 e. The lowest BCUT2D eigenvalue weighted by Crippen LogP contribution is -2.62. The van der Waals surface area contributed by atoms with Crippen molar-refractivity contribution in [2.45, 2.75) is 24.8 Å². The number of piperazine rings is 1. The smallest absolute Gasteiger partial charge is 0.270 e. The van der Waals surface area contributed by atoms with Crippen LogP contribution < -0.4 is 15.8 Å². The molecule has 0 unspecified atom stereocenters. The van der Waals surface area contributed by atoms with Gasteiger partial charge in [0, 0.05) is 39.2 Å². The number of nitrogens with one attached hydrogen (secondary N) is 1. The van der Waals surface area contributed by atoms with Gasteiger partial charge in [-0.2, -0.15) is 10.2 Å². The Morgan fingerprint density at radius 2 is 1.94 bits per heavy atom. The fourth-order valence-corrected chi connectivity index (χ4v) is 5.21. The van der Waals surface area contributed by atoms with Crippen molar-refractivity contribution in [1.29, 1.82) is 5.26 Å². The molecule has 0 amide bonds. The maximum Gasteiger partial charge on any atom is 0.270 e. The van der Waals surface area contributed by atoms with E-state index in [0.717, 1.165) is 51.1 Å². The van der Waals surface area contributed by atoms with Crippen molar-refractivity contribution in [3.63, 3.8) is 0 Å². The van der Waals surface area contributed by atoms with Crippen LogP contribution in [0.15, 0.2) is 35.4 Å². The standard InChI is InChI=1S/C23H24N8O.H2/c1-29-4-6-30(7-5-29)18-2-3-19(25-14-18)27-22-26-13-17-8-16(12-24)21(32)31(20(17)28-22)23-9-15(10-23)11-23;/h2-3,8,13-15H,4-7,9-11H2,1H3,(H,25,26,27,28);1H. The first-order chi connectivity index (χ1) is 15.5. The van der Waals surface area contributed by atoms with Crippen LogP contribution in [-0.2, 0) is 5.54 Å². The maximum atomic E-state index is 13.0. The molecule has 3 aromatic rings. The molecule has 1 aliphatic heterocycles. The SMILES string of the molecule is CN1CCN(c2ccc(Nc3ncc4cc(C#N)c(=O)n(C56CC(C5)C6)c4n3)nc2)CC1.[HH]. The van der Waals surface area contributed by atoms with E-state index in [4.69, 9.17) is 0 Å². The molecule has 164 valence electrons. The highest BCUT2D eigenvalue weighted by Crippen LogP contribution is 2.62. The van der Waals surface area contributed by atoms with Crippen LogP contribution in [-0.4, -0.2) is 57.6 Å². The molecule has 3 aromatic heterocycles. The molecule has 4 aliphatic rings. The van der Waals surface area contributed by atoms with E-state index in [1.54, 1.807) is 16.8 Å². The van der Waals surface area contributed by atoms with Gasteiger partial charge in [-0.1, -0.05) is 0 Å². The summed E-state index contributed by atoms with van der Waals surface area (Å²) in [6, 6.07) is 7.60. The van der Waals surface area contributed by atoms with Gasteiger partial charge in [0.2, 0.25) is 5.95 Å². The third-order valence-electron chi connectivity index (χ3n) is 7.20. The quantitative estimate of drug-likeness (QED) is 0.673. The molecule has 0 atom stereocenters. The number of fused-ring (bicyclic) bond motifs is 1. The van der Waals surface area contributed by atoms with Crippen LogP contribution in [0.5, 0.6) is 0 Å². The number of anilines is 3. The van der Waals surface area contributed by atoms with Crippen molar-refractivity contribution in [3.05, 3.63) is 46.5 Å². The Labute approximate surface area is 186 Å². The number of hydrogen-bond acceptors (Lipinski definition) is 8. The highest BCUT2D eigenvalue weighted by molar-refractivity contribution is 5.77. The van der Waals surface area contributed by atoms with Crippen molar-refractivity contribution < 1.29 is 1.43 Å². The van der Waals surface area contributed by atoms with Gasteiger partial charge in [-0.3, -0.25) is 9.36 Å². The van der Waals surface area contributed by atoms with Gasteiger partial charge >= 0.3 is 0 Å². The number of nitrogens with zero attached hydrogens (tertiary/aromatic N) is 7. The van der Waals surface area contributed by atoms with E-state index in [2.05, 4.69) is 43.2 Å². The van der Waals surface area contributed by atoms with Gasteiger partial charge in [0.25, 0.3) is 5.56 Å². The van der Waals surface area contributed by atoms with E-state index in [0.29, 0.717) is 28.7 Å². The Morgan fingerprint density at radius 1 is 1.16 bits per heavy atom. The highest BCUT2D eigenvalue weighted by atomic mass is 16.1. The first-order valence-electron chi connectivity index (χ1n) is 11.0. The average Bonchev–Trinajstić information content (AvgIpc) is 2.74. The van der Waals surface area contributed by atoms with Crippen LogP contribution in [0.3, 0.4) is 0 Å². The zero-order valence-electron chi connectivity index (χ0n) is 18.0. The Balaban J connectivity index is 0.00000228. The highest BCUT2D eigenvalue weighted by Gasteiger charge is 2.59. The summed E-state index contributed by atoms with van der Waals surface area (Å²) in [6.07, 6.45) is 6.49. The van der Waals surface area contributed by atoms with Gasteiger partial charge in [0.05, 0.1) is 17.4 Å². The summed E-state index contributed by atoms with van der Waals surface area (Å²) in [5.74, 6) is 1.74. The second kappa shape index (κ2) is 7.00. The Morgan fingerprint density at radius 3 is 2.56 bits per heavy atom. The molecule has 0 spiro atoms. The predicted molar refractivity (Wildman–Crippen MR) is 123 cm³/mol. The Hall–Kier alpha value is -3.51. The van der Waals surface area contributed by atoms with Gasteiger partial charge in [-0.25, -0.2) is 9.97 Å². The topological polar surface area (TPSA) is 103 Å². The second-order valence-corrected chi connectivity index (χ2v) is 9.30. The minimum Gasteiger partial charge on any atom is -0.368 e. The summed E-state index contributed by atoms with van der Waals surface area (Å²) >= 11 is 0. The van der Waals surface area contributed by atoms with Gasteiger partial charge in [-0.15, -0.1) is 0 Å². The number of hydrogen-bond donors (Lipinski definition) is 1. The Bertz CT molecular complexity index is 1290. The molecule has 0 aromatic carbocycles. The number of aromatic nitrogens is 4. The molecule has 3 saturated carbocycles. The molecular formula is C23H26N8O.